The van der Waals surface area contributed by atoms with Gasteiger partial charge < -0.3 is 5.32 Å². The van der Waals surface area contributed by atoms with Gasteiger partial charge in [0.1, 0.15) is 0 Å². The van der Waals surface area contributed by atoms with Gasteiger partial charge in [-0.15, -0.1) is 0 Å². The fraction of sp³-hybridized carbons (Fsp3) is 0.833. The molecule has 3 heteroatoms. The van der Waals surface area contributed by atoms with Crippen molar-refractivity contribution in [3.63, 3.8) is 0 Å². The Labute approximate surface area is 53.4 Å². The molecule has 1 unspecified atom stereocenters. The first-order valence-corrected chi connectivity index (χ1v) is 3.18. The van der Waals surface area contributed by atoms with Crippen LogP contribution in [0.25, 0.3) is 0 Å². The third-order valence-electron chi connectivity index (χ3n) is 1.46. The minimum absolute atomic E-state index is 0.209. The molecule has 0 aliphatic carbocycles. The molecule has 1 heterocycles. The molecule has 1 fully saturated rings. The van der Waals surface area contributed by atoms with E-state index in [0.717, 1.165) is 13.0 Å². The number of hydrogen-bond acceptors (Lipinski definition) is 2. The SMILES string of the molecule is O=C1CNCCCC1F. The topological polar surface area (TPSA) is 29.1 Å². The summed E-state index contributed by atoms with van der Waals surface area (Å²) in [6.45, 7) is 0.979. The van der Waals surface area contributed by atoms with E-state index in [-0.39, 0.29) is 12.3 Å². The molecule has 0 aromatic rings. The molecule has 9 heavy (non-hydrogen) atoms. The van der Waals surface area contributed by atoms with E-state index in [4.69, 9.17) is 0 Å². The number of nitrogens with one attached hydrogen (secondary N) is 1. The summed E-state index contributed by atoms with van der Waals surface area (Å²) in [5.41, 5.74) is 0. The second-order valence-electron chi connectivity index (χ2n) is 2.25. The summed E-state index contributed by atoms with van der Waals surface area (Å²) >= 11 is 0. The van der Waals surface area contributed by atoms with E-state index in [1.165, 1.54) is 0 Å². The van der Waals surface area contributed by atoms with Gasteiger partial charge in [0, 0.05) is 0 Å². The van der Waals surface area contributed by atoms with Crippen molar-refractivity contribution in [3.05, 3.63) is 0 Å². The van der Waals surface area contributed by atoms with Crippen LogP contribution in [0.2, 0.25) is 0 Å². The Morgan fingerprint density at radius 3 is 3.22 bits per heavy atom. The molecule has 1 saturated heterocycles. The van der Waals surface area contributed by atoms with Crippen molar-refractivity contribution in [2.24, 2.45) is 0 Å². The van der Waals surface area contributed by atoms with Crippen molar-refractivity contribution < 1.29 is 9.18 Å². The monoisotopic (exact) mass is 131 g/mol. The van der Waals surface area contributed by atoms with Gasteiger partial charge in [-0.05, 0) is 19.4 Å². The predicted molar refractivity (Wildman–Crippen MR) is 32.0 cm³/mol. The molecule has 0 aromatic carbocycles. The minimum atomic E-state index is -1.21. The number of carbonyl (C=O) groups is 1. The van der Waals surface area contributed by atoms with Crippen LogP contribution in [0.3, 0.4) is 0 Å². The van der Waals surface area contributed by atoms with Crippen LogP contribution in [-0.2, 0) is 4.79 Å². The maximum absolute atomic E-state index is 12.4. The van der Waals surface area contributed by atoms with E-state index in [9.17, 15) is 9.18 Å². The summed E-state index contributed by atoms with van der Waals surface area (Å²) in [5, 5.41) is 2.84. The van der Waals surface area contributed by atoms with Crippen LogP contribution in [0.5, 0.6) is 0 Å². The molecule has 0 amide bonds. The average Bonchev–Trinajstić information content (AvgIpc) is 1.99. The summed E-state index contributed by atoms with van der Waals surface area (Å²) in [5.74, 6) is -0.299. The number of carbonyl (C=O) groups excluding carboxylic acids is 1. The van der Waals surface area contributed by atoms with Crippen molar-refractivity contribution >= 4 is 5.78 Å². The normalized spacial score (nSPS) is 29.9. The first kappa shape index (κ1) is 6.68. The molecular formula is C6H10FNO. The predicted octanol–water partition coefficient (Wildman–Crippen LogP) is 0.277. The van der Waals surface area contributed by atoms with E-state index in [0.29, 0.717) is 6.42 Å². The quantitative estimate of drug-likeness (QED) is 0.511. The molecule has 0 saturated carbocycles. The van der Waals surface area contributed by atoms with E-state index >= 15 is 0 Å². The Balaban J connectivity index is 2.41. The summed E-state index contributed by atoms with van der Waals surface area (Å²) in [6.07, 6.45) is -0.0429. The van der Waals surface area contributed by atoms with Crippen LogP contribution in [0.15, 0.2) is 0 Å². The fourth-order valence-corrected chi connectivity index (χ4v) is 0.890. The van der Waals surface area contributed by atoms with Crippen molar-refractivity contribution in [1.82, 2.24) is 5.32 Å². The van der Waals surface area contributed by atoms with Gasteiger partial charge in [0.25, 0.3) is 0 Å². The minimum Gasteiger partial charge on any atom is -0.310 e. The van der Waals surface area contributed by atoms with Gasteiger partial charge in [0.2, 0.25) is 0 Å². The van der Waals surface area contributed by atoms with Crippen molar-refractivity contribution in [3.8, 4) is 0 Å². The van der Waals surface area contributed by atoms with E-state index in [1.54, 1.807) is 0 Å². The molecular weight excluding hydrogens is 121 g/mol. The molecule has 0 bridgehead atoms. The number of ketones is 1. The van der Waals surface area contributed by atoms with Gasteiger partial charge >= 0.3 is 0 Å². The summed E-state index contributed by atoms with van der Waals surface area (Å²) in [6, 6.07) is 0. The molecule has 1 atom stereocenters. The summed E-state index contributed by atoms with van der Waals surface area (Å²) < 4.78 is 12.4. The fourth-order valence-electron chi connectivity index (χ4n) is 0.890. The van der Waals surface area contributed by atoms with Crippen LogP contribution in [0.1, 0.15) is 12.8 Å². The zero-order valence-corrected chi connectivity index (χ0v) is 5.19. The maximum Gasteiger partial charge on any atom is 0.180 e. The smallest absolute Gasteiger partial charge is 0.180 e. The summed E-state index contributed by atoms with van der Waals surface area (Å²) in [7, 11) is 0. The van der Waals surface area contributed by atoms with Crippen LogP contribution in [0, 0.1) is 0 Å². The van der Waals surface area contributed by atoms with Crippen LogP contribution >= 0.6 is 0 Å². The van der Waals surface area contributed by atoms with E-state index in [2.05, 4.69) is 5.32 Å². The molecule has 1 aliphatic heterocycles. The highest BCUT2D eigenvalue weighted by Gasteiger charge is 2.18. The third-order valence-corrected chi connectivity index (χ3v) is 1.46. The van der Waals surface area contributed by atoms with Gasteiger partial charge in [-0.25, -0.2) is 4.39 Å². The molecule has 2 nitrogen and oxygen atoms in total. The Kier molecular flexibility index (Phi) is 2.16. The number of rotatable bonds is 0. The highest BCUT2D eigenvalue weighted by molar-refractivity contribution is 5.85. The van der Waals surface area contributed by atoms with Crippen molar-refractivity contribution in [1.29, 1.82) is 0 Å². The lowest BCUT2D eigenvalue weighted by Crippen LogP contribution is -2.25. The second kappa shape index (κ2) is 2.92. The van der Waals surface area contributed by atoms with Crippen molar-refractivity contribution in [2.75, 3.05) is 13.1 Å². The molecule has 52 valence electrons. The lowest BCUT2D eigenvalue weighted by Gasteiger charge is -1.97. The number of alkyl halides is 1. The van der Waals surface area contributed by atoms with Crippen molar-refractivity contribution in [2.45, 2.75) is 19.0 Å². The largest absolute Gasteiger partial charge is 0.310 e. The van der Waals surface area contributed by atoms with Gasteiger partial charge in [-0.1, -0.05) is 0 Å². The number of hydrogen-bond donors (Lipinski definition) is 1. The second-order valence-corrected chi connectivity index (χ2v) is 2.25. The lowest BCUT2D eigenvalue weighted by molar-refractivity contribution is -0.122. The van der Waals surface area contributed by atoms with Crippen LogP contribution in [-0.4, -0.2) is 25.0 Å². The van der Waals surface area contributed by atoms with Crippen LogP contribution in [0.4, 0.5) is 4.39 Å². The lowest BCUT2D eigenvalue weighted by atomic mass is 10.2. The Morgan fingerprint density at radius 1 is 1.67 bits per heavy atom. The Bertz CT molecular complexity index is 116. The molecule has 0 spiro atoms. The van der Waals surface area contributed by atoms with Gasteiger partial charge in [0.05, 0.1) is 6.54 Å². The van der Waals surface area contributed by atoms with Gasteiger partial charge in [0.15, 0.2) is 12.0 Å². The maximum atomic E-state index is 12.4. The molecule has 1 aliphatic rings. The average molecular weight is 131 g/mol. The first-order valence-electron chi connectivity index (χ1n) is 3.18. The van der Waals surface area contributed by atoms with E-state index in [1.807, 2.05) is 0 Å². The Morgan fingerprint density at radius 2 is 2.44 bits per heavy atom. The van der Waals surface area contributed by atoms with E-state index < -0.39 is 6.17 Å². The third kappa shape index (κ3) is 1.75. The number of halogens is 1. The zero-order valence-electron chi connectivity index (χ0n) is 5.19. The Hall–Kier alpha value is -0.440. The highest BCUT2D eigenvalue weighted by atomic mass is 19.1. The summed E-state index contributed by atoms with van der Waals surface area (Å²) in [4.78, 5) is 10.6. The number of Topliss-reactive ketones (excluding diaryl/α,β-unsaturated/α-hetero) is 1. The standard InChI is InChI=1S/C6H10FNO/c7-5-2-1-3-8-4-6(5)9/h5,8H,1-4H2. The highest BCUT2D eigenvalue weighted by Crippen LogP contribution is 2.04. The molecule has 1 N–H and O–H groups in total. The molecule has 1 rings (SSSR count). The zero-order chi connectivity index (χ0) is 6.69. The van der Waals surface area contributed by atoms with Gasteiger partial charge in [-0.3, -0.25) is 4.79 Å². The molecule has 0 radical (unpaired) electrons. The van der Waals surface area contributed by atoms with Crippen LogP contribution < -0.4 is 5.32 Å². The van der Waals surface area contributed by atoms with Gasteiger partial charge in [-0.2, -0.15) is 0 Å². The molecule has 0 aromatic heterocycles. The first-order chi connectivity index (χ1) is 4.30.